The molecule has 1 N–H and O–H groups in total. The topological polar surface area (TPSA) is 30.5 Å². The molecule has 0 atom stereocenters. The summed E-state index contributed by atoms with van der Waals surface area (Å²) >= 11 is 0. The highest BCUT2D eigenvalue weighted by molar-refractivity contribution is 5.31. The van der Waals surface area contributed by atoms with Crippen LogP contribution in [0.25, 0.3) is 0 Å². The molecule has 0 unspecified atom stereocenters. The highest BCUT2D eigenvalue weighted by Crippen LogP contribution is 2.27. The SMILES string of the molecule is COCCNCCC(C)(C)c1ccc(OC)cc1. The van der Waals surface area contributed by atoms with Crippen LogP contribution in [-0.2, 0) is 10.2 Å². The monoisotopic (exact) mass is 251 g/mol. The van der Waals surface area contributed by atoms with E-state index in [9.17, 15) is 0 Å². The molecule has 3 heteroatoms. The number of benzene rings is 1. The molecule has 0 aromatic heterocycles. The average Bonchev–Trinajstić information content (AvgIpc) is 2.38. The predicted octanol–water partition coefficient (Wildman–Crippen LogP) is 2.60. The lowest BCUT2D eigenvalue weighted by molar-refractivity contribution is 0.198. The van der Waals surface area contributed by atoms with E-state index >= 15 is 0 Å². The highest BCUT2D eigenvalue weighted by Gasteiger charge is 2.19. The third kappa shape index (κ3) is 4.67. The minimum atomic E-state index is 0.173. The van der Waals surface area contributed by atoms with Crippen LogP contribution in [0.1, 0.15) is 25.8 Å². The number of methoxy groups -OCH3 is 2. The van der Waals surface area contributed by atoms with Gasteiger partial charge in [0, 0.05) is 13.7 Å². The molecule has 102 valence electrons. The van der Waals surface area contributed by atoms with Gasteiger partial charge in [-0.15, -0.1) is 0 Å². The van der Waals surface area contributed by atoms with Crippen molar-refractivity contribution in [2.45, 2.75) is 25.7 Å². The lowest BCUT2D eigenvalue weighted by Gasteiger charge is -2.25. The maximum atomic E-state index is 5.18. The fourth-order valence-electron chi connectivity index (χ4n) is 1.89. The third-order valence-corrected chi connectivity index (χ3v) is 3.28. The van der Waals surface area contributed by atoms with Crippen molar-refractivity contribution < 1.29 is 9.47 Å². The summed E-state index contributed by atoms with van der Waals surface area (Å²) < 4.78 is 10.2. The Kier molecular flexibility index (Phi) is 6.16. The van der Waals surface area contributed by atoms with Crippen LogP contribution in [-0.4, -0.2) is 33.9 Å². The van der Waals surface area contributed by atoms with Crippen LogP contribution >= 0.6 is 0 Å². The van der Waals surface area contributed by atoms with Crippen LogP contribution in [0, 0.1) is 0 Å². The Balaban J connectivity index is 2.45. The Bertz CT molecular complexity index is 333. The molecule has 0 bridgehead atoms. The summed E-state index contributed by atoms with van der Waals surface area (Å²) in [5, 5.41) is 3.39. The van der Waals surface area contributed by atoms with E-state index in [2.05, 4.69) is 31.3 Å². The summed E-state index contributed by atoms with van der Waals surface area (Å²) in [6.07, 6.45) is 1.10. The first-order valence-electron chi connectivity index (χ1n) is 6.44. The van der Waals surface area contributed by atoms with Crippen LogP contribution in [0.2, 0.25) is 0 Å². The van der Waals surface area contributed by atoms with E-state index in [1.54, 1.807) is 14.2 Å². The predicted molar refractivity (Wildman–Crippen MR) is 75.4 cm³/mol. The van der Waals surface area contributed by atoms with Gasteiger partial charge in [0.2, 0.25) is 0 Å². The average molecular weight is 251 g/mol. The number of rotatable bonds is 8. The first-order valence-corrected chi connectivity index (χ1v) is 6.44. The zero-order chi connectivity index (χ0) is 13.4. The van der Waals surface area contributed by atoms with E-state index in [4.69, 9.17) is 9.47 Å². The Labute approximate surface area is 110 Å². The van der Waals surface area contributed by atoms with Gasteiger partial charge in [-0.2, -0.15) is 0 Å². The molecule has 0 aliphatic carbocycles. The number of nitrogens with one attached hydrogen (secondary N) is 1. The molecule has 0 radical (unpaired) electrons. The van der Waals surface area contributed by atoms with Crippen LogP contribution < -0.4 is 10.1 Å². The third-order valence-electron chi connectivity index (χ3n) is 3.28. The van der Waals surface area contributed by atoms with Crippen molar-refractivity contribution in [2.75, 3.05) is 33.9 Å². The smallest absolute Gasteiger partial charge is 0.118 e. The van der Waals surface area contributed by atoms with Gasteiger partial charge < -0.3 is 14.8 Å². The maximum Gasteiger partial charge on any atom is 0.118 e. The molecule has 0 aliphatic rings. The van der Waals surface area contributed by atoms with Gasteiger partial charge in [0.1, 0.15) is 5.75 Å². The molecule has 1 rings (SSSR count). The lowest BCUT2D eigenvalue weighted by Crippen LogP contribution is -2.27. The molecule has 1 aromatic carbocycles. The van der Waals surface area contributed by atoms with Gasteiger partial charge in [0.05, 0.1) is 13.7 Å². The van der Waals surface area contributed by atoms with E-state index in [1.165, 1.54) is 5.56 Å². The Hall–Kier alpha value is -1.06. The zero-order valence-electron chi connectivity index (χ0n) is 12.0. The normalized spacial score (nSPS) is 11.6. The Morgan fingerprint density at radius 3 is 2.28 bits per heavy atom. The lowest BCUT2D eigenvalue weighted by atomic mass is 9.81. The second-order valence-electron chi connectivity index (χ2n) is 5.11. The van der Waals surface area contributed by atoms with Crippen molar-refractivity contribution in [3.8, 4) is 5.75 Å². The molecule has 0 aliphatic heterocycles. The second-order valence-corrected chi connectivity index (χ2v) is 5.11. The molecule has 1 aromatic rings. The van der Waals surface area contributed by atoms with Gasteiger partial charge in [-0.25, -0.2) is 0 Å². The second kappa shape index (κ2) is 7.39. The summed E-state index contributed by atoms with van der Waals surface area (Å²) in [6, 6.07) is 8.34. The van der Waals surface area contributed by atoms with Crippen LogP contribution in [0.15, 0.2) is 24.3 Å². The minimum Gasteiger partial charge on any atom is -0.497 e. The molecule has 0 spiro atoms. The van der Waals surface area contributed by atoms with Crippen molar-refractivity contribution in [1.82, 2.24) is 5.32 Å². The standard InChI is InChI=1S/C15H25NO2/c1-15(2,9-10-16-11-12-17-3)13-5-7-14(18-4)8-6-13/h5-8,16H,9-12H2,1-4H3. The van der Waals surface area contributed by atoms with E-state index < -0.39 is 0 Å². The molecular weight excluding hydrogens is 226 g/mol. The van der Waals surface area contributed by atoms with Crippen LogP contribution in [0.4, 0.5) is 0 Å². The quantitative estimate of drug-likeness (QED) is 0.720. The Morgan fingerprint density at radius 2 is 1.72 bits per heavy atom. The fraction of sp³-hybridized carbons (Fsp3) is 0.600. The van der Waals surface area contributed by atoms with Gasteiger partial charge >= 0.3 is 0 Å². The molecule has 0 fully saturated rings. The number of ether oxygens (including phenoxy) is 2. The fourth-order valence-corrected chi connectivity index (χ4v) is 1.89. The molecule has 18 heavy (non-hydrogen) atoms. The van der Waals surface area contributed by atoms with Crippen molar-refractivity contribution in [3.05, 3.63) is 29.8 Å². The van der Waals surface area contributed by atoms with Gasteiger partial charge in [-0.3, -0.25) is 0 Å². The first-order chi connectivity index (χ1) is 8.60. The van der Waals surface area contributed by atoms with Crippen LogP contribution in [0.3, 0.4) is 0 Å². The molecule has 0 heterocycles. The molecule has 0 saturated heterocycles. The summed E-state index contributed by atoms with van der Waals surface area (Å²) in [5.41, 5.74) is 1.52. The molecule has 0 saturated carbocycles. The summed E-state index contributed by atoms with van der Waals surface area (Å²) in [5.74, 6) is 0.910. The van der Waals surface area contributed by atoms with Crippen molar-refractivity contribution in [2.24, 2.45) is 0 Å². The van der Waals surface area contributed by atoms with Crippen molar-refractivity contribution in [3.63, 3.8) is 0 Å². The van der Waals surface area contributed by atoms with E-state index in [0.717, 1.165) is 31.9 Å². The van der Waals surface area contributed by atoms with E-state index in [0.29, 0.717) is 0 Å². The van der Waals surface area contributed by atoms with Crippen molar-refractivity contribution >= 4 is 0 Å². The summed E-state index contributed by atoms with van der Waals surface area (Å²) in [7, 11) is 3.42. The minimum absolute atomic E-state index is 0.173. The molecule has 3 nitrogen and oxygen atoms in total. The highest BCUT2D eigenvalue weighted by atomic mass is 16.5. The van der Waals surface area contributed by atoms with E-state index in [-0.39, 0.29) is 5.41 Å². The largest absolute Gasteiger partial charge is 0.497 e. The molecule has 0 amide bonds. The van der Waals surface area contributed by atoms with Gasteiger partial charge in [-0.1, -0.05) is 26.0 Å². The van der Waals surface area contributed by atoms with Gasteiger partial charge in [0.25, 0.3) is 0 Å². The van der Waals surface area contributed by atoms with Crippen molar-refractivity contribution in [1.29, 1.82) is 0 Å². The van der Waals surface area contributed by atoms with Gasteiger partial charge in [0.15, 0.2) is 0 Å². The molecular formula is C15H25NO2. The summed E-state index contributed by atoms with van der Waals surface area (Å²) in [6.45, 7) is 7.22. The van der Waals surface area contributed by atoms with E-state index in [1.807, 2.05) is 12.1 Å². The number of hydrogen-bond donors (Lipinski definition) is 1. The Morgan fingerprint density at radius 1 is 1.06 bits per heavy atom. The number of hydrogen-bond acceptors (Lipinski definition) is 3. The van der Waals surface area contributed by atoms with Gasteiger partial charge in [-0.05, 0) is 36.1 Å². The summed E-state index contributed by atoms with van der Waals surface area (Å²) in [4.78, 5) is 0. The first kappa shape index (κ1) is 15.0. The van der Waals surface area contributed by atoms with Crippen LogP contribution in [0.5, 0.6) is 5.75 Å². The zero-order valence-corrected chi connectivity index (χ0v) is 12.0. The maximum absolute atomic E-state index is 5.18.